The molecule has 0 aliphatic heterocycles. The fraction of sp³-hybridized carbons (Fsp3) is 0.667. The summed E-state index contributed by atoms with van der Waals surface area (Å²) in [6.07, 6.45) is 1.04. The maximum absolute atomic E-state index is 12.0. The van der Waals surface area contributed by atoms with E-state index in [1.165, 1.54) is 0 Å². The third-order valence-corrected chi connectivity index (χ3v) is 3.00. The zero-order valence-electron chi connectivity index (χ0n) is 11.1. The summed E-state index contributed by atoms with van der Waals surface area (Å²) < 4.78 is 1.65. The Morgan fingerprint density at radius 1 is 1.53 bits per heavy atom. The van der Waals surface area contributed by atoms with Crippen LogP contribution in [0.3, 0.4) is 0 Å². The van der Waals surface area contributed by atoms with Gasteiger partial charge in [-0.2, -0.15) is 5.10 Å². The van der Waals surface area contributed by atoms with E-state index in [1.807, 2.05) is 13.8 Å². The Kier molecular flexibility index (Phi) is 4.54. The molecule has 5 heteroatoms. The Morgan fingerprint density at radius 3 is 2.71 bits per heavy atom. The number of carbonyl (C=O) groups is 1. The summed E-state index contributed by atoms with van der Waals surface area (Å²) in [6.45, 7) is 9.27. The number of hydrogen-bond donors (Lipinski definition) is 2. The first kappa shape index (κ1) is 13.5. The van der Waals surface area contributed by atoms with Crippen molar-refractivity contribution in [2.75, 3.05) is 12.3 Å². The van der Waals surface area contributed by atoms with Crippen LogP contribution < -0.4 is 11.1 Å². The number of nitrogens with one attached hydrogen (secondary N) is 1. The molecule has 0 spiro atoms. The van der Waals surface area contributed by atoms with Crippen LogP contribution in [0.1, 0.15) is 43.4 Å². The summed E-state index contributed by atoms with van der Waals surface area (Å²) in [4.78, 5) is 12.0. The van der Waals surface area contributed by atoms with Crippen LogP contribution in [0.2, 0.25) is 0 Å². The molecule has 0 aromatic carbocycles. The lowest BCUT2D eigenvalue weighted by atomic mass is 10.1. The van der Waals surface area contributed by atoms with Gasteiger partial charge in [0.05, 0.1) is 11.4 Å². The van der Waals surface area contributed by atoms with Crippen LogP contribution in [0.5, 0.6) is 0 Å². The lowest BCUT2D eigenvalue weighted by Gasteiger charge is -2.11. The van der Waals surface area contributed by atoms with Gasteiger partial charge in [0.1, 0.15) is 5.69 Å². The number of rotatable bonds is 5. The van der Waals surface area contributed by atoms with Crippen LogP contribution in [0.25, 0.3) is 0 Å². The van der Waals surface area contributed by atoms with Crippen LogP contribution in [-0.2, 0) is 6.54 Å². The largest absolute Gasteiger partial charge is 0.395 e. The van der Waals surface area contributed by atoms with Gasteiger partial charge >= 0.3 is 0 Å². The highest BCUT2D eigenvalue weighted by atomic mass is 16.2. The third kappa shape index (κ3) is 2.99. The SMILES string of the molecule is CCC(C)CNC(=O)c1c(N)c(C)nn1CC. The second-order valence-corrected chi connectivity index (χ2v) is 4.39. The third-order valence-electron chi connectivity index (χ3n) is 3.00. The van der Waals surface area contributed by atoms with E-state index in [-0.39, 0.29) is 5.91 Å². The number of nitrogen functional groups attached to an aromatic ring is 1. The van der Waals surface area contributed by atoms with Crippen LogP contribution in [0, 0.1) is 12.8 Å². The fourth-order valence-electron chi connectivity index (χ4n) is 1.56. The number of nitrogens with zero attached hydrogens (tertiary/aromatic N) is 2. The zero-order chi connectivity index (χ0) is 13.0. The number of aryl methyl sites for hydroxylation is 2. The van der Waals surface area contributed by atoms with Crippen molar-refractivity contribution in [1.82, 2.24) is 15.1 Å². The minimum atomic E-state index is -0.134. The van der Waals surface area contributed by atoms with Crippen LogP contribution in [-0.4, -0.2) is 22.2 Å². The molecule has 5 nitrogen and oxygen atoms in total. The highest BCUT2D eigenvalue weighted by Gasteiger charge is 2.18. The van der Waals surface area contributed by atoms with E-state index in [4.69, 9.17) is 5.73 Å². The summed E-state index contributed by atoms with van der Waals surface area (Å²) in [5, 5.41) is 7.13. The molecule has 1 rings (SSSR count). The average Bonchev–Trinajstić information content (AvgIpc) is 2.61. The Balaban J connectivity index is 2.81. The molecule has 1 aromatic heterocycles. The van der Waals surface area contributed by atoms with Gasteiger partial charge in [-0.25, -0.2) is 0 Å². The Bertz CT molecular complexity index is 397. The van der Waals surface area contributed by atoms with E-state index >= 15 is 0 Å². The zero-order valence-corrected chi connectivity index (χ0v) is 11.1. The minimum absolute atomic E-state index is 0.134. The summed E-state index contributed by atoms with van der Waals surface area (Å²) in [7, 11) is 0. The Morgan fingerprint density at radius 2 is 2.18 bits per heavy atom. The molecule has 0 saturated heterocycles. The lowest BCUT2D eigenvalue weighted by molar-refractivity contribution is 0.0938. The second-order valence-electron chi connectivity index (χ2n) is 4.39. The molecule has 1 amide bonds. The highest BCUT2D eigenvalue weighted by molar-refractivity contribution is 5.97. The molecule has 0 bridgehead atoms. The summed E-state index contributed by atoms with van der Waals surface area (Å²) in [5.74, 6) is 0.338. The topological polar surface area (TPSA) is 72.9 Å². The number of carbonyl (C=O) groups excluding carboxylic acids is 1. The highest BCUT2D eigenvalue weighted by Crippen LogP contribution is 2.16. The number of nitrogens with two attached hydrogens (primary N) is 1. The van der Waals surface area contributed by atoms with Gasteiger partial charge in [-0.05, 0) is 19.8 Å². The molecular formula is C12H22N4O. The maximum atomic E-state index is 12.0. The lowest BCUT2D eigenvalue weighted by Crippen LogP contribution is -2.30. The van der Waals surface area contributed by atoms with Crippen molar-refractivity contribution in [3.63, 3.8) is 0 Å². The van der Waals surface area contributed by atoms with Crippen molar-refractivity contribution in [2.24, 2.45) is 5.92 Å². The normalized spacial score (nSPS) is 12.5. The van der Waals surface area contributed by atoms with Gasteiger partial charge < -0.3 is 11.1 Å². The molecule has 1 unspecified atom stereocenters. The van der Waals surface area contributed by atoms with Crippen molar-refractivity contribution < 1.29 is 4.79 Å². The van der Waals surface area contributed by atoms with Gasteiger partial charge in [-0.1, -0.05) is 20.3 Å². The van der Waals surface area contributed by atoms with Gasteiger partial charge in [0, 0.05) is 13.1 Å². The molecule has 0 aliphatic rings. The first-order chi connectivity index (χ1) is 8.01. The summed E-state index contributed by atoms with van der Waals surface area (Å²) >= 11 is 0. The molecule has 0 aliphatic carbocycles. The quantitative estimate of drug-likeness (QED) is 0.817. The van der Waals surface area contributed by atoms with Crippen LogP contribution in [0.4, 0.5) is 5.69 Å². The van der Waals surface area contributed by atoms with E-state index in [2.05, 4.69) is 24.3 Å². The van der Waals surface area contributed by atoms with Gasteiger partial charge in [0.25, 0.3) is 5.91 Å². The fourth-order valence-corrected chi connectivity index (χ4v) is 1.56. The van der Waals surface area contributed by atoms with Crippen molar-refractivity contribution in [2.45, 2.75) is 40.7 Å². The molecule has 0 radical (unpaired) electrons. The predicted molar refractivity (Wildman–Crippen MR) is 68.8 cm³/mol. The predicted octanol–water partition coefficient (Wildman–Crippen LogP) is 1.57. The van der Waals surface area contributed by atoms with Crippen molar-refractivity contribution in [3.05, 3.63) is 11.4 Å². The van der Waals surface area contributed by atoms with Gasteiger partial charge in [-0.15, -0.1) is 0 Å². The van der Waals surface area contributed by atoms with Crippen molar-refractivity contribution in [3.8, 4) is 0 Å². The Hall–Kier alpha value is -1.52. The molecular weight excluding hydrogens is 216 g/mol. The van der Waals surface area contributed by atoms with E-state index in [1.54, 1.807) is 4.68 Å². The second kappa shape index (κ2) is 5.70. The summed E-state index contributed by atoms with van der Waals surface area (Å²) in [6, 6.07) is 0. The van der Waals surface area contributed by atoms with Crippen molar-refractivity contribution in [1.29, 1.82) is 0 Å². The molecule has 0 saturated carbocycles. The number of aromatic nitrogens is 2. The standard InChI is InChI=1S/C12H22N4O/c1-5-8(3)7-14-12(17)11-10(13)9(4)15-16(11)6-2/h8H,5-7,13H2,1-4H3,(H,14,17). The van der Waals surface area contributed by atoms with Crippen LogP contribution in [0.15, 0.2) is 0 Å². The smallest absolute Gasteiger partial charge is 0.271 e. The van der Waals surface area contributed by atoms with Gasteiger partial charge in [-0.3, -0.25) is 9.48 Å². The van der Waals surface area contributed by atoms with E-state index < -0.39 is 0 Å². The number of hydrogen-bond acceptors (Lipinski definition) is 3. The molecule has 3 N–H and O–H groups in total. The molecule has 1 atom stereocenters. The van der Waals surface area contributed by atoms with Gasteiger partial charge in [0.2, 0.25) is 0 Å². The van der Waals surface area contributed by atoms with Gasteiger partial charge in [0.15, 0.2) is 0 Å². The summed E-state index contributed by atoms with van der Waals surface area (Å²) in [5.41, 5.74) is 7.54. The van der Waals surface area contributed by atoms with Crippen molar-refractivity contribution >= 4 is 11.6 Å². The van der Waals surface area contributed by atoms with Crippen LogP contribution >= 0.6 is 0 Å². The molecule has 17 heavy (non-hydrogen) atoms. The monoisotopic (exact) mass is 238 g/mol. The molecule has 1 aromatic rings. The number of anilines is 1. The average molecular weight is 238 g/mol. The molecule has 0 fully saturated rings. The first-order valence-electron chi connectivity index (χ1n) is 6.12. The number of amides is 1. The van der Waals surface area contributed by atoms with E-state index in [9.17, 15) is 4.79 Å². The molecule has 1 heterocycles. The molecule has 96 valence electrons. The van der Waals surface area contributed by atoms with E-state index in [0.717, 1.165) is 6.42 Å². The maximum Gasteiger partial charge on any atom is 0.271 e. The minimum Gasteiger partial charge on any atom is -0.395 e. The Labute approximate surface area is 102 Å². The first-order valence-corrected chi connectivity index (χ1v) is 6.12. The van der Waals surface area contributed by atoms with E-state index in [0.29, 0.717) is 36.1 Å².